The minimum Gasteiger partial charge on any atom is -0.496 e. The normalized spacial score (nSPS) is 25.6. The number of aliphatic carboxylic acids is 2. The highest BCUT2D eigenvalue weighted by Gasteiger charge is 2.78. The number of fused-ring (bicyclic) bond motifs is 4. The summed E-state index contributed by atoms with van der Waals surface area (Å²) >= 11 is 0. The number of esters is 1. The van der Waals surface area contributed by atoms with Crippen LogP contribution < -0.4 is 57.9 Å². The molecule has 5 heterocycles. The van der Waals surface area contributed by atoms with Crippen molar-refractivity contribution < 1.29 is 139 Å². The number of methoxy groups -OCH3 is 2. The second kappa shape index (κ2) is 42.4. The number of aliphatic hydroxyl groups is 13. The number of carboxylic acid groups (broad SMARTS) is 2. The molecule has 4 aliphatic heterocycles. The maximum atomic E-state index is 15.7. The van der Waals surface area contributed by atoms with Crippen molar-refractivity contribution in [1.82, 2.24) is 58.1 Å². The number of ether oxygens (including phenoxy) is 3. The molecule has 1 saturated heterocycles. The molecule has 5 aliphatic rings. The summed E-state index contributed by atoms with van der Waals surface area (Å²) < 4.78 is 17.9. The summed E-state index contributed by atoms with van der Waals surface area (Å²) in [4.78, 5) is 136. The summed E-state index contributed by atoms with van der Waals surface area (Å²) in [5.74, 6) is -11.6. The van der Waals surface area contributed by atoms with Gasteiger partial charge in [0.25, 0.3) is 0 Å². The van der Waals surface area contributed by atoms with Crippen molar-refractivity contribution in [2.45, 2.75) is 224 Å². The summed E-state index contributed by atoms with van der Waals surface area (Å²) in [7, 11) is 7.80. The van der Waals surface area contributed by atoms with Crippen LogP contribution in [0.1, 0.15) is 121 Å². The van der Waals surface area contributed by atoms with E-state index in [-0.39, 0.29) is 24.7 Å². The monoisotopic (exact) mass is 1720 g/mol. The molecule has 8 rings (SSSR count). The van der Waals surface area contributed by atoms with E-state index in [0.717, 1.165) is 43.6 Å². The third-order valence-corrected chi connectivity index (χ3v) is 26.2. The fourth-order valence-corrected chi connectivity index (χ4v) is 19.6. The third kappa shape index (κ3) is 21.3. The second-order valence-corrected chi connectivity index (χ2v) is 34.0. The molecule has 2 fully saturated rings. The Morgan fingerprint density at radius 1 is 0.756 bits per heavy atom. The first-order valence-corrected chi connectivity index (χ1v) is 42.1. The van der Waals surface area contributed by atoms with Crippen molar-refractivity contribution in [2.24, 2.45) is 11.3 Å². The Labute approximate surface area is 695 Å². The van der Waals surface area contributed by atoms with Crippen molar-refractivity contribution in [3.8, 4) is 5.75 Å². The van der Waals surface area contributed by atoms with Crippen LogP contribution >= 0.6 is 21.6 Å². The number of carbonyl (C=O) groups excluding carboxylic acids is 7. The van der Waals surface area contributed by atoms with Gasteiger partial charge in [-0.3, -0.25) is 38.5 Å². The number of rotatable bonds is 47. The van der Waals surface area contributed by atoms with E-state index in [9.17, 15) is 110 Å². The molecule has 2 aromatic carbocycles. The van der Waals surface area contributed by atoms with Crippen LogP contribution in [0.15, 0.2) is 48.6 Å². The number of nitrogens with one attached hydrogen (secondary N) is 10. The number of amides is 6. The number of aromatic amines is 1. The van der Waals surface area contributed by atoms with Crippen molar-refractivity contribution in [3.63, 3.8) is 0 Å². The second-order valence-electron chi connectivity index (χ2n) is 31.4. The number of carboxylic acids is 2. The first kappa shape index (κ1) is 96.8. The zero-order valence-corrected chi connectivity index (χ0v) is 69.3. The van der Waals surface area contributed by atoms with Crippen LogP contribution in [0.2, 0.25) is 0 Å². The average Bonchev–Trinajstić information content (AvgIpc) is 1.49. The number of para-hydroxylation sites is 1. The van der Waals surface area contributed by atoms with Gasteiger partial charge in [0.05, 0.1) is 57.3 Å². The molecule has 0 radical (unpaired) electrons. The Morgan fingerprint density at radius 3 is 1.90 bits per heavy atom. The van der Waals surface area contributed by atoms with Gasteiger partial charge < -0.3 is 138 Å². The van der Waals surface area contributed by atoms with Crippen LogP contribution in [0.5, 0.6) is 5.75 Å². The minimum absolute atomic E-state index is 0.0223. The predicted molar refractivity (Wildman–Crippen MR) is 429 cm³/mol. The third-order valence-electron chi connectivity index (χ3n) is 23.8. The zero-order valence-electron chi connectivity index (χ0n) is 67.7. The standard InChI is InChI=1S/C77H118N12O28S2/c1-9-73(4,112)33-39(3)30-55-76(71(110)115-8,63-41(22-25-79-55)40-14-11-12-15-44(40)82-63)43-31-42-49(32-54(43)114-7)88(6)69-75(42)24-27-89-26-13-23-74(10-2,68(75)89)70(109)77(69,113)117-87-86-72(111)116-28-29-118-119-38-48(67(107)108)85-66(106)46(17-20-57(97)81-35-51(93)60(101)62(103)53(95)37-91)84-65(105)47(18-21-58(98)99)83-64(104)45(78-5)16-19-56(96)80-34-50(92)59(100)61(102)52(94)36-90/h11-15,23,31-32,39,45-48,50-53,55,59-62,68-70,78-79,82,87,90-95,100-103,109,112-113H,9-10,16-22,24-30,33-38H2,1-8H3,(H,80,96)(H,81,97)(H,83,104)(H,84,105)(H,85,106)(H,86,111)(H,98,99)(H,107,108)/t39-,45-,46-,47-,48-,50-,51-,52+,53+,55?,59+,60+,61+,62+,68-,69+,70+,73-,74+,75+,76?,77+/m0/s1. The largest absolute Gasteiger partial charge is 0.496 e. The van der Waals surface area contributed by atoms with Crippen LogP contribution in [-0.4, -0.2) is 341 Å². The van der Waals surface area contributed by atoms with Gasteiger partial charge in [-0.05, 0) is 114 Å². The van der Waals surface area contributed by atoms with Crippen molar-refractivity contribution >= 4 is 91.7 Å². The molecule has 1 aliphatic carbocycles. The molecule has 40 nitrogen and oxygen atoms in total. The van der Waals surface area contributed by atoms with Gasteiger partial charge in [-0.2, -0.15) is 0 Å². The van der Waals surface area contributed by atoms with Gasteiger partial charge in [-0.1, -0.05) is 72.7 Å². The molecule has 42 heteroatoms. The van der Waals surface area contributed by atoms with E-state index in [4.69, 9.17) is 24.2 Å². The number of hydrogen-bond acceptors (Lipinski definition) is 33. The van der Waals surface area contributed by atoms with E-state index in [0.29, 0.717) is 80.9 Å². The van der Waals surface area contributed by atoms with Crippen molar-refractivity contribution in [3.05, 3.63) is 70.9 Å². The number of hydrazine groups is 1. The molecule has 1 aromatic heterocycles. The molecule has 2 unspecified atom stereocenters. The highest BCUT2D eigenvalue weighted by atomic mass is 33.1. The first-order valence-electron chi connectivity index (χ1n) is 39.6. The van der Waals surface area contributed by atoms with Gasteiger partial charge in [0.1, 0.15) is 73.2 Å². The average molecular weight is 1720 g/mol. The minimum atomic E-state index is -2.57. The van der Waals surface area contributed by atoms with Gasteiger partial charge in [0.2, 0.25) is 35.3 Å². The molecule has 6 amide bonds. The lowest BCUT2D eigenvalue weighted by atomic mass is 9.50. The molecular formula is C77H118N12O28S2. The fourth-order valence-electron chi connectivity index (χ4n) is 17.6. The van der Waals surface area contributed by atoms with Gasteiger partial charge in [0.15, 0.2) is 5.41 Å². The molecule has 0 bridgehead atoms. The number of anilines is 1. The Hall–Kier alpha value is -7.67. The predicted octanol–water partition coefficient (Wildman–Crippen LogP) is -4.91. The number of aliphatic hydroxyl groups excluding tert-OH is 11. The number of aromatic nitrogens is 1. The molecule has 666 valence electrons. The summed E-state index contributed by atoms with van der Waals surface area (Å²) in [5.41, 5.74) is 3.83. The lowest BCUT2D eigenvalue weighted by Crippen LogP contribution is -2.80. The number of carbonyl (C=O) groups is 9. The molecule has 3 aromatic rings. The smallest absolute Gasteiger partial charge is 0.423 e. The van der Waals surface area contributed by atoms with E-state index in [1.807, 2.05) is 67.3 Å². The van der Waals surface area contributed by atoms with Gasteiger partial charge in [-0.25, -0.2) is 19.9 Å². The van der Waals surface area contributed by atoms with Gasteiger partial charge >= 0.3 is 24.0 Å². The van der Waals surface area contributed by atoms with Crippen LogP contribution in [0, 0.1) is 11.3 Å². The van der Waals surface area contributed by atoms with Crippen LogP contribution in [0.25, 0.3) is 10.9 Å². The van der Waals surface area contributed by atoms with Crippen molar-refractivity contribution in [1.29, 1.82) is 0 Å². The van der Waals surface area contributed by atoms with Crippen LogP contribution in [0.4, 0.5) is 10.5 Å². The maximum absolute atomic E-state index is 15.7. The molecular weight excluding hydrogens is 1610 g/mol. The van der Waals surface area contributed by atoms with E-state index < -0.39 is 243 Å². The number of nitrogens with zero attached hydrogens (tertiary/aromatic N) is 2. The van der Waals surface area contributed by atoms with E-state index in [1.165, 1.54) is 21.3 Å². The highest BCUT2D eigenvalue weighted by Crippen LogP contribution is 2.68. The zero-order chi connectivity index (χ0) is 87.8. The molecule has 1 saturated carbocycles. The fraction of sp³-hybridized carbons (Fsp3) is 0.675. The number of likely N-dealkylation sites (N-methyl/N-ethyl adjacent to an activating group) is 2. The Bertz CT molecular complexity index is 4040. The molecule has 1 spiro atoms. The highest BCUT2D eigenvalue weighted by molar-refractivity contribution is 8.76. The van der Waals surface area contributed by atoms with E-state index >= 15 is 4.79 Å². The lowest BCUT2D eigenvalue weighted by Gasteiger charge is -2.63. The summed E-state index contributed by atoms with van der Waals surface area (Å²) in [6.45, 7) is 5.46. The number of benzene rings is 2. The van der Waals surface area contributed by atoms with Gasteiger partial charge in [-0.15, -0.1) is 5.59 Å². The Balaban J connectivity index is 0.952. The summed E-state index contributed by atoms with van der Waals surface area (Å²) in [5, 5.41) is 175. The number of hydrogen-bond donors (Lipinski definition) is 25. The Kier molecular flexibility index (Phi) is 34.5. The lowest BCUT2D eigenvalue weighted by molar-refractivity contribution is -0.344. The van der Waals surface area contributed by atoms with E-state index in [2.05, 4.69) is 65.0 Å². The summed E-state index contributed by atoms with van der Waals surface area (Å²) in [6.07, 6.45) is -15.5. The van der Waals surface area contributed by atoms with Crippen molar-refractivity contribution in [2.75, 3.05) is 97.3 Å². The quantitative estimate of drug-likeness (QED) is 0.00629. The SMILES string of the molecule is CC[C@](C)(O)C[C@@H](C)CC1NCCc2c([nH]c3ccccc23)C1(C(=O)OC)c1cc2c(cc1OC)N(C)[C@H]1[C@@](O)(ONNC(=O)OCCSSC[C@H](NC(=O)[C@H](CCC(=O)NC[C@H](O)[C@@H](O)[C@H](O)[C@H](O)CO)NC(=O)[C@H](CCC(=O)O)NC(=O)[C@H](CCC(=O)NC[C@H](O)[C@@H](O)[C@H](O)[C@H](O)CO)NC)C(=O)O)[C@H](O)[C@]3(CC)C=CCN4CC[C@]21[C@@H]43. The van der Waals surface area contributed by atoms with Crippen LogP contribution in [-0.2, 0) is 69.9 Å². The molecule has 119 heavy (non-hydrogen) atoms. The summed E-state index contributed by atoms with van der Waals surface area (Å²) in [6, 6.07) is 2.72. The van der Waals surface area contributed by atoms with Crippen LogP contribution in [0.3, 0.4) is 0 Å². The molecule has 25 N–H and O–H groups in total. The van der Waals surface area contributed by atoms with Gasteiger partial charge in [0, 0.05) is 114 Å². The topological polar surface area (TPSA) is 625 Å². The number of H-pyrrole nitrogens is 1. The molecule has 22 atom stereocenters. The Morgan fingerprint density at radius 2 is 1.34 bits per heavy atom. The maximum Gasteiger partial charge on any atom is 0.423 e. The first-order chi connectivity index (χ1) is 56.4. The van der Waals surface area contributed by atoms with E-state index in [1.54, 1.807) is 14.0 Å².